The molecule has 2 saturated heterocycles. The second kappa shape index (κ2) is 8.23. The van der Waals surface area contributed by atoms with Gasteiger partial charge in [0, 0.05) is 31.8 Å². The lowest BCUT2D eigenvalue weighted by Gasteiger charge is -2.30. The van der Waals surface area contributed by atoms with Gasteiger partial charge < -0.3 is 10.1 Å². The minimum atomic E-state index is 0.450. The molecule has 1 N–H and O–H groups in total. The summed E-state index contributed by atoms with van der Waals surface area (Å²) < 4.78 is 5.74. The van der Waals surface area contributed by atoms with Crippen LogP contribution < -0.4 is 5.32 Å². The topological polar surface area (TPSA) is 24.5 Å². The molecule has 0 saturated carbocycles. The molecule has 0 aromatic heterocycles. The smallest absolute Gasteiger partial charge is 0.0726 e. The van der Waals surface area contributed by atoms with E-state index < -0.39 is 0 Å². The number of nitrogens with one attached hydrogen (secondary N) is 1. The second-order valence-electron chi connectivity index (χ2n) is 6.24. The highest BCUT2D eigenvalue weighted by Crippen LogP contribution is 2.19. The number of hydrogen-bond donors (Lipinski definition) is 1. The summed E-state index contributed by atoms with van der Waals surface area (Å²) in [5.41, 5.74) is 0. The Morgan fingerprint density at radius 3 is 2.84 bits per heavy atom. The maximum absolute atomic E-state index is 5.74. The first-order chi connectivity index (χ1) is 9.31. The van der Waals surface area contributed by atoms with Crippen molar-refractivity contribution in [3.8, 4) is 0 Å². The summed E-state index contributed by atoms with van der Waals surface area (Å²) >= 11 is 0. The van der Waals surface area contributed by atoms with E-state index in [9.17, 15) is 0 Å². The zero-order chi connectivity index (χ0) is 13.5. The van der Waals surface area contributed by atoms with Gasteiger partial charge in [-0.2, -0.15) is 0 Å². The van der Waals surface area contributed by atoms with E-state index in [1.807, 2.05) is 0 Å². The van der Waals surface area contributed by atoms with E-state index in [1.54, 1.807) is 0 Å². The van der Waals surface area contributed by atoms with Crippen LogP contribution in [0.5, 0.6) is 0 Å². The zero-order valence-corrected chi connectivity index (χ0v) is 12.9. The number of nitrogens with zero attached hydrogens (tertiary/aromatic N) is 1. The van der Waals surface area contributed by atoms with Crippen LogP contribution in [0.25, 0.3) is 0 Å². The third-order valence-corrected chi connectivity index (χ3v) is 4.86. The second-order valence-corrected chi connectivity index (χ2v) is 6.24. The van der Waals surface area contributed by atoms with Crippen LogP contribution in [0.3, 0.4) is 0 Å². The molecule has 3 nitrogen and oxygen atoms in total. The van der Waals surface area contributed by atoms with Gasteiger partial charge in [-0.05, 0) is 45.6 Å². The molecule has 19 heavy (non-hydrogen) atoms. The first kappa shape index (κ1) is 15.3. The molecule has 2 aliphatic rings. The van der Waals surface area contributed by atoms with Gasteiger partial charge in [0.05, 0.1) is 6.10 Å². The summed E-state index contributed by atoms with van der Waals surface area (Å²) in [5.74, 6) is 0. The van der Waals surface area contributed by atoms with E-state index in [0.717, 1.165) is 19.2 Å². The van der Waals surface area contributed by atoms with Crippen molar-refractivity contribution in [2.45, 2.75) is 77.0 Å². The maximum Gasteiger partial charge on any atom is 0.0726 e. The molecule has 3 unspecified atom stereocenters. The number of rotatable bonds is 6. The normalized spacial score (nSPS) is 31.3. The average molecular weight is 268 g/mol. The highest BCUT2D eigenvalue weighted by molar-refractivity contribution is 4.79. The van der Waals surface area contributed by atoms with Gasteiger partial charge in [-0.25, -0.2) is 0 Å². The Bertz CT molecular complexity index is 241. The Morgan fingerprint density at radius 1 is 1.21 bits per heavy atom. The SMILES string of the molecule is CCC1CCCCCN1CCNC(C)C1CCCO1. The summed E-state index contributed by atoms with van der Waals surface area (Å²) in [6.07, 6.45) is 9.86. The standard InChI is InChI=1S/C16H32N2O/c1-3-15-8-5-4-6-11-18(15)12-10-17-14(2)16-9-7-13-19-16/h14-17H,3-13H2,1-2H3. The van der Waals surface area contributed by atoms with Crippen molar-refractivity contribution in [2.24, 2.45) is 0 Å². The van der Waals surface area contributed by atoms with Gasteiger partial charge in [0.15, 0.2) is 0 Å². The minimum absolute atomic E-state index is 0.450. The Kier molecular flexibility index (Phi) is 6.62. The van der Waals surface area contributed by atoms with Gasteiger partial charge in [-0.1, -0.05) is 19.8 Å². The van der Waals surface area contributed by atoms with Gasteiger partial charge >= 0.3 is 0 Å². The van der Waals surface area contributed by atoms with Crippen LogP contribution in [0, 0.1) is 0 Å². The van der Waals surface area contributed by atoms with E-state index in [1.165, 1.54) is 58.0 Å². The lowest BCUT2D eigenvalue weighted by atomic mass is 10.1. The fourth-order valence-corrected chi connectivity index (χ4v) is 3.56. The summed E-state index contributed by atoms with van der Waals surface area (Å²) in [5, 5.41) is 3.67. The highest BCUT2D eigenvalue weighted by Gasteiger charge is 2.23. The molecular formula is C16H32N2O. The summed E-state index contributed by atoms with van der Waals surface area (Å²) in [6, 6.07) is 1.33. The van der Waals surface area contributed by atoms with Crippen LogP contribution in [-0.2, 0) is 4.74 Å². The van der Waals surface area contributed by atoms with Gasteiger partial charge in [0.25, 0.3) is 0 Å². The van der Waals surface area contributed by atoms with Crippen LogP contribution in [0.2, 0.25) is 0 Å². The van der Waals surface area contributed by atoms with Crippen molar-refractivity contribution in [1.29, 1.82) is 0 Å². The summed E-state index contributed by atoms with van der Waals surface area (Å²) in [4.78, 5) is 2.71. The Hall–Kier alpha value is -0.120. The summed E-state index contributed by atoms with van der Waals surface area (Å²) in [7, 11) is 0. The van der Waals surface area contributed by atoms with Crippen molar-refractivity contribution in [2.75, 3.05) is 26.2 Å². The lowest BCUT2D eigenvalue weighted by Crippen LogP contribution is -2.44. The monoisotopic (exact) mass is 268 g/mol. The van der Waals surface area contributed by atoms with Crippen molar-refractivity contribution in [3.05, 3.63) is 0 Å². The molecule has 0 amide bonds. The molecule has 112 valence electrons. The first-order valence-corrected chi connectivity index (χ1v) is 8.40. The molecule has 0 radical (unpaired) electrons. The minimum Gasteiger partial charge on any atom is -0.377 e. The predicted molar refractivity (Wildman–Crippen MR) is 80.6 cm³/mol. The van der Waals surface area contributed by atoms with Gasteiger partial charge in [0.1, 0.15) is 0 Å². The fourth-order valence-electron chi connectivity index (χ4n) is 3.56. The third-order valence-electron chi connectivity index (χ3n) is 4.86. The van der Waals surface area contributed by atoms with Gasteiger partial charge in [-0.3, -0.25) is 4.90 Å². The molecule has 2 fully saturated rings. The zero-order valence-electron chi connectivity index (χ0n) is 12.9. The Balaban J connectivity index is 1.67. The lowest BCUT2D eigenvalue weighted by molar-refractivity contribution is 0.0817. The predicted octanol–water partition coefficient (Wildman–Crippen LogP) is 2.80. The van der Waals surface area contributed by atoms with Crippen molar-refractivity contribution in [1.82, 2.24) is 10.2 Å². The molecule has 3 atom stereocenters. The van der Waals surface area contributed by atoms with Crippen molar-refractivity contribution < 1.29 is 4.74 Å². The highest BCUT2D eigenvalue weighted by atomic mass is 16.5. The number of ether oxygens (including phenoxy) is 1. The van der Waals surface area contributed by atoms with E-state index in [0.29, 0.717) is 12.1 Å². The molecule has 2 aliphatic heterocycles. The van der Waals surface area contributed by atoms with Crippen LogP contribution in [0.15, 0.2) is 0 Å². The molecule has 0 aliphatic carbocycles. The molecule has 2 heterocycles. The Morgan fingerprint density at radius 2 is 2.11 bits per heavy atom. The third kappa shape index (κ3) is 4.73. The first-order valence-electron chi connectivity index (χ1n) is 8.40. The summed E-state index contributed by atoms with van der Waals surface area (Å²) in [6.45, 7) is 9.18. The van der Waals surface area contributed by atoms with Crippen molar-refractivity contribution >= 4 is 0 Å². The average Bonchev–Trinajstić information content (AvgIpc) is 2.86. The molecule has 0 aromatic carbocycles. The molecule has 0 spiro atoms. The molecular weight excluding hydrogens is 236 g/mol. The number of hydrogen-bond acceptors (Lipinski definition) is 3. The fraction of sp³-hybridized carbons (Fsp3) is 1.00. The van der Waals surface area contributed by atoms with Gasteiger partial charge in [-0.15, -0.1) is 0 Å². The molecule has 2 rings (SSSR count). The van der Waals surface area contributed by atoms with Crippen LogP contribution in [0.1, 0.15) is 58.8 Å². The van der Waals surface area contributed by atoms with Gasteiger partial charge in [0.2, 0.25) is 0 Å². The maximum atomic E-state index is 5.74. The molecule has 3 heteroatoms. The van der Waals surface area contributed by atoms with E-state index >= 15 is 0 Å². The molecule has 0 aromatic rings. The van der Waals surface area contributed by atoms with Crippen LogP contribution in [-0.4, -0.2) is 49.3 Å². The Labute approximate surface area is 119 Å². The largest absolute Gasteiger partial charge is 0.377 e. The van der Waals surface area contributed by atoms with Crippen LogP contribution in [0.4, 0.5) is 0 Å². The molecule has 0 bridgehead atoms. The van der Waals surface area contributed by atoms with Crippen molar-refractivity contribution in [3.63, 3.8) is 0 Å². The van der Waals surface area contributed by atoms with E-state index in [2.05, 4.69) is 24.1 Å². The van der Waals surface area contributed by atoms with E-state index in [4.69, 9.17) is 4.74 Å². The van der Waals surface area contributed by atoms with E-state index in [-0.39, 0.29) is 0 Å². The van der Waals surface area contributed by atoms with Crippen LogP contribution >= 0.6 is 0 Å². The number of likely N-dealkylation sites (tertiary alicyclic amines) is 1. The quantitative estimate of drug-likeness (QED) is 0.801.